The van der Waals surface area contributed by atoms with Gasteiger partial charge in [0.25, 0.3) is 5.91 Å². The summed E-state index contributed by atoms with van der Waals surface area (Å²) in [6, 6.07) is 2.51. The Morgan fingerprint density at radius 2 is 2.09 bits per heavy atom. The fourth-order valence-electron chi connectivity index (χ4n) is 2.23. The monoisotopic (exact) mass is 342 g/mol. The summed E-state index contributed by atoms with van der Waals surface area (Å²) < 4.78 is 5.10. The van der Waals surface area contributed by atoms with E-state index in [0.717, 1.165) is 17.0 Å². The molecular weight excluding hydrogens is 327 g/mol. The van der Waals surface area contributed by atoms with Crippen LogP contribution in [0.1, 0.15) is 34.3 Å². The number of nitrogens with zero attached hydrogens (tertiary/aromatic N) is 1. The first kappa shape index (κ1) is 16.6. The number of hydrogen-bond donors (Lipinski definition) is 2. The molecule has 5 nitrogen and oxygen atoms in total. The maximum Gasteiger partial charge on any atom is 0.256 e. The number of phenols is 1. The van der Waals surface area contributed by atoms with Crippen molar-refractivity contribution in [3.63, 3.8) is 0 Å². The largest absolute Gasteiger partial charge is 0.507 e. The van der Waals surface area contributed by atoms with E-state index in [-0.39, 0.29) is 27.4 Å². The number of carbonyl (C=O) groups excluding carboxylic acids is 1. The normalized spacial score (nSPS) is 12.2. The van der Waals surface area contributed by atoms with E-state index < -0.39 is 5.91 Å². The van der Waals surface area contributed by atoms with Crippen molar-refractivity contribution in [2.24, 2.45) is 0 Å². The lowest BCUT2D eigenvalue weighted by atomic mass is 10.1. The SMILES string of the molecule is Cc1noc(C)c1CC(C)NC(=O)c1c(O)cc(Cl)cc1Cl. The Balaban J connectivity index is 2.12. The second kappa shape index (κ2) is 6.58. The van der Waals surface area contributed by atoms with E-state index in [0.29, 0.717) is 6.42 Å². The van der Waals surface area contributed by atoms with Gasteiger partial charge in [-0.25, -0.2) is 0 Å². The fraction of sp³-hybridized carbons (Fsp3) is 0.333. The molecule has 0 radical (unpaired) electrons. The molecule has 0 aliphatic heterocycles. The first-order chi connectivity index (χ1) is 10.3. The van der Waals surface area contributed by atoms with Gasteiger partial charge in [-0.1, -0.05) is 28.4 Å². The third-order valence-corrected chi connectivity index (χ3v) is 3.85. The fourth-order valence-corrected chi connectivity index (χ4v) is 2.80. The molecule has 1 amide bonds. The van der Waals surface area contributed by atoms with Gasteiger partial charge in [-0.15, -0.1) is 0 Å². The molecule has 1 heterocycles. The molecule has 2 rings (SSSR count). The van der Waals surface area contributed by atoms with Gasteiger partial charge in [0.1, 0.15) is 11.5 Å². The molecule has 118 valence electrons. The van der Waals surface area contributed by atoms with Gasteiger partial charge in [0.15, 0.2) is 0 Å². The van der Waals surface area contributed by atoms with Crippen LogP contribution in [0.25, 0.3) is 0 Å². The molecule has 0 fully saturated rings. The minimum absolute atomic E-state index is 0.0108. The summed E-state index contributed by atoms with van der Waals surface area (Å²) in [7, 11) is 0. The number of aromatic hydroxyl groups is 1. The number of carbonyl (C=O) groups is 1. The third kappa shape index (κ3) is 3.54. The minimum atomic E-state index is -0.460. The summed E-state index contributed by atoms with van der Waals surface area (Å²) in [6.45, 7) is 5.53. The second-order valence-corrected chi connectivity index (χ2v) is 6.01. The molecule has 2 N–H and O–H groups in total. The Kier molecular flexibility index (Phi) is 4.98. The second-order valence-electron chi connectivity index (χ2n) is 5.16. The van der Waals surface area contributed by atoms with Gasteiger partial charge >= 0.3 is 0 Å². The van der Waals surface area contributed by atoms with Gasteiger partial charge in [-0.05, 0) is 39.3 Å². The van der Waals surface area contributed by atoms with Gasteiger partial charge in [-0.2, -0.15) is 0 Å². The van der Waals surface area contributed by atoms with Crippen LogP contribution in [0.4, 0.5) is 0 Å². The highest BCUT2D eigenvalue weighted by molar-refractivity contribution is 6.37. The average molecular weight is 343 g/mol. The van der Waals surface area contributed by atoms with E-state index >= 15 is 0 Å². The van der Waals surface area contributed by atoms with Gasteiger partial charge < -0.3 is 14.9 Å². The van der Waals surface area contributed by atoms with Gasteiger partial charge in [0, 0.05) is 16.6 Å². The molecule has 0 bridgehead atoms. The molecule has 0 saturated carbocycles. The van der Waals surface area contributed by atoms with Crippen LogP contribution in [-0.2, 0) is 6.42 Å². The highest BCUT2D eigenvalue weighted by Crippen LogP contribution is 2.30. The zero-order valence-electron chi connectivity index (χ0n) is 12.4. The van der Waals surface area contributed by atoms with Crippen molar-refractivity contribution in [3.8, 4) is 5.75 Å². The van der Waals surface area contributed by atoms with E-state index in [9.17, 15) is 9.90 Å². The van der Waals surface area contributed by atoms with Crippen LogP contribution in [0.3, 0.4) is 0 Å². The summed E-state index contributed by atoms with van der Waals surface area (Å²) >= 11 is 11.7. The predicted octanol–water partition coefficient (Wildman–Crippen LogP) is 3.66. The summed E-state index contributed by atoms with van der Waals surface area (Å²) in [5, 5.41) is 16.9. The molecule has 0 aliphatic rings. The maximum atomic E-state index is 12.3. The van der Waals surface area contributed by atoms with Gasteiger partial charge in [0.2, 0.25) is 0 Å². The Morgan fingerprint density at radius 3 is 2.64 bits per heavy atom. The minimum Gasteiger partial charge on any atom is -0.507 e. The zero-order chi connectivity index (χ0) is 16.4. The first-order valence-electron chi connectivity index (χ1n) is 6.70. The van der Waals surface area contributed by atoms with E-state index in [1.807, 2.05) is 20.8 Å². The van der Waals surface area contributed by atoms with E-state index in [1.165, 1.54) is 12.1 Å². The molecule has 22 heavy (non-hydrogen) atoms. The van der Waals surface area contributed by atoms with Crippen LogP contribution in [0.2, 0.25) is 10.0 Å². The molecule has 2 aromatic rings. The van der Waals surface area contributed by atoms with Crippen molar-refractivity contribution in [1.29, 1.82) is 0 Å². The van der Waals surface area contributed by atoms with Crippen molar-refractivity contribution in [2.75, 3.05) is 0 Å². The zero-order valence-corrected chi connectivity index (χ0v) is 13.9. The van der Waals surface area contributed by atoms with Crippen molar-refractivity contribution < 1.29 is 14.4 Å². The maximum absolute atomic E-state index is 12.3. The lowest BCUT2D eigenvalue weighted by molar-refractivity contribution is 0.0937. The number of halogens is 2. The molecule has 1 aromatic heterocycles. The number of aryl methyl sites for hydroxylation is 2. The molecule has 0 saturated heterocycles. The molecule has 1 aromatic carbocycles. The molecule has 7 heteroatoms. The Morgan fingerprint density at radius 1 is 1.41 bits per heavy atom. The van der Waals surface area contributed by atoms with E-state index in [1.54, 1.807) is 0 Å². The van der Waals surface area contributed by atoms with Gasteiger partial charge in [-0.3, -0.25) is 4.79 Å². The summed E-state index contributed by atoms with van der Waals surface area (Å²) in [4.78, 5) is 12.3. The van der Waals surface area contributed by atoms with Crippen molar-refractivity contribution in [3.05, 3.63) is 44.8 Å². The third-order valence-electron chi connectivity index (χ3n) is 3.33. The van der Waals surface area contributed by atoms with Crippen molar-refractivity contribution in [1.82, 2.24) is 10.5 Å². The quantitative estimate of drug-likeness (QED) is 0.888. The Hall–Kier alpha value is -1.72. The summed E-state index contributed by atoms with van der Waals surface area (Å²) in [5.41, 5.74) is 1.77. The Bertz CT molecular complexity index is 670. The molecule has 0 spiro atoms. The highest BCUT2D eigenvalue weighted by Gasteiger charge is 2.20. The molecular formula is C15H16Cl2N2O3. The first-order valence-corrected chi connectivity index (χ1v) is 7.45. The smallest absolute Gasteiger partial charge is 0.256 e. The highest BCUT2D eigenvalue weighted by atomic mass is 35.5. The van der Waals surface area contributed by atoms with Crippen LogP contribution in [0.5, 0.6) is 5.75 Å². The number of phenolic OH excluding ortho intramolecular Hbond substituents is 1. The Labute approximate surface area is 138 Å². The number of amides is 1. The molecule has 1 atom stereocenters. The number of rotatable bonds is 4. The van der Waals surface area contributed by atoms with E-state index in [4.69, 9.17) is 27.7 Å². The van der Waals surface area contributed by atoms with Crippen LogP contribution in [0.15, 0.2) is 16.7 Å². The number of aromatic nitrogens is 1. The topological polar surface area (TPSA) is 75.4 Å². The summed E-state index contributed by atoms with van der Waals surface area (Å²) in [6.07, 6.45) is 0.568. The van der Waals surface area contributed by atoms with Crippen LogP contribution < -0.4 is 5.32 Å². The predicted molar refractivity (Wildman–Crippen MR) is 84.7 cm³/mol. The van der Waals surface area contributed by atoms with Crippen LogP contribution >= 0.6 is 23.2 Å². The number of nitrogens with one attached hydrogen (secondary N) is 1. The van der Waals surface area contributed by atoms with Crippen LogP contribution in [-0.4, -0.2) is 22.2 Å². The van der Waals surface area contributed by atoms with Crippen LogP contribution in [0, 0.1) is 13.8 Å². The van der Waals surface area contributed by atoms with Crippen molar-refractivity contribution >= 4 is 29.1 Å². The number of benzene rings is 1. The molecule has 0 aliphatic carbocycles. The lowest BCUT2D eigenvalue weighted by Crippen LogP contribution is -2.34. The van der Waals surface area contributed by atoms with E-state index in [2.05, 4.69) is 10.5 Å². The molecule has 1 unspecified atom stereocenters. The summed E-state index contributed by atoms with van der Waals surface area (Å²) in [5.74, 6) is 0.0175. The number of hydrogen-bond acceptors (Lipinski definition) is 4. The average Bonchev–Trinajstić information content (AvgIpc) is 2.69. The standard InChI is InChI=1S/C15H16Cl2N2O3/c1-7(4-11-8(2)19-22-9(11)3)18-15(21)14-12(17)5-10(16)6-13(14)20/h5-7,20H,4H2,1-3H3,(H,18,21). The van der Waals surface area contributed by atoms with Gasteiger partial charge in [0.05, 0.1) is 16.3 Å². The lowest BCUT2D eigenvalue weighted by Gasteiger charge is -2.15. The van der Waals surface area contributed by atoms with Crippen molar-refractivity contribution in [2.45, 2.75) is 33.2 Å².